The molecule has 0 heterocycles. The van der Waals surface area contributed by atoms with Crippen LogP contribution in [0, 0.1) is 5.92 Å². The summed E-state index contributed by atoms with van der Waals surface area (Å²) < 4.78 is 34.0. The average Bonchev–Trinajstić information content (AvgIpc) is 3.04. The monoisotopic (exact) mass is 705 g/mol. The Kier molecular flexibility index (Phi) is 12.4. The first-order valence-corrected chi connectivity index (χ1v) is 17.7. The van der Waals surface area contributed by atoms with Crippen LogP contribution < -0.4 is 14.4 Å². The number of carbonyl (C=O) groups is 2. The number of hydrogen-bond acceptors (Lipinski definition) is 5. The minimum Gasteiger partial charge on any atom is -0.489 e. The fourth-order valence-electron chi connectivity index (χ4n) is 4.83. The van der Waals surface area contributed by atoms with Crippen molar-refractivity contribution < 1.29 is 22.7 Å². The fraction of sp³-hybridized carbons (Fsp3) is 0.278. The molecule has 2 amide bonds. The highest BCUT2D eigenvalue weighted by Crippen LogP contribution is 2.24. The second-order valence-corrected chi connectivity index (χ2v) is 14.4. The van der Waals surface area contributed by atoms with Crippen LogP contribution in [0.15, 0.2) is 114 Å². The second-order valence-electron chi connectivity index (χ2n) is 11.5. The smallest absolute Gasteiger partial charge is 0.244 e. The Balaban J connectivity index is 1.63. The molecule has 1 atom stereocenters. The third kappa shape index (κ3) is 10.5. The van der Waals surface area contributed by atoms with Crippen LogP contribution in [0.4, 0.5) is 5.69 Å². The van der Waals surface area contributed by atoms with Crippen molar-refractivity contribution in [3.8, 4) is 5.75 Å². The van der Waals surface area contributed by atoms with Gasteiger partial charge in [0.2, 0.25) is 21.8 Å². The summed E-state index contributed by atoms with van der Waals surface area (Å²) in [5.41, 5.74) is 3.00. The SMILES string of the molecule is CC(C)CNC(=O)C(Cc1ccccc1)N(Cc1ccc(Br)cc1)C(=O)CN(c1ccc(OCc2ccccc2)cc1)S(C)(=O)=O. The Bertz CT molecular complexity index is 1670. The standard InChI is InChI=1S/C36H40BrN3O5S/c1-27(2)23-38-36(42)34(22-28-10-6-4-7-11-28)39(24-29-14-16-31(37)17-15-29)35(41)25-40(46(3,43)44)32-18-20-33(21-19-32)45-26-30-12-8-5-9-13-30/h4-21,27,34H,22-26H2,1-3H3,(H,38,42). The van der Waals surface area contributed by atoms with Gasteiger partial charge in [-0.2, -0.15) is 0 Å². The molecule has 0 saturated heterocycles. The van der Waals surface area contributed by atoms with Gasteiger partial charge < -0.3 is 15.0 Å². The van der Waals surface area contributed by atoms with Crippen molar-refractivity contribution in [1.82, 2.24) is 10.2 Å². The summed E-state index contributed by atoms with van der Waals surface area (Å²) in [5.74, 6) is -0.0291. The van der Waals surface area contributed by atoms with E-state index in [0.717, 1.165) is 31.7 Å². The maximum atomic E-state index is 14.3. The molecular weight excluding hydrogens is 666 g/mol. The van der Waals surface area contributed by atoms with Gasteiger partial charge in [-0.05, 0) is 59.0 Å². The first kappa shape index (κ1) is 34.7. The number of rotatable bonds is 15. The highest BCUT2D eigenvalue weighted by atomic mass is 79.9. The Labute approximate surface area is 280 Å². The van der Waals surface area contributed by atoms with Crippen molar-refractivity contribution in [1.29, 1.82) is 0 Å². The molecule has 0 radical (unpaired) electrons. The van der Waals surface area contributed by atoms with E-state index in [4.69, 9.17) is 4.74 Å². The van der Waals surface area contributed by atoms with Crippen molar-refractivity contribution >= 4 is 43.5 Å². The van der Waals surface area contributed by atoms with Gasteiger partial charge in [-0.25, -0.2) is 8.42 Å². The summed E-state index contributed by atoms with van der Waals surface area (Å²) in [6.07, 6.45) is 1.33. The van der Waals surface area contributed by atoms with Gasteiger partial charge in [-0.3, -0.25) is 13.9 Å². The maximum Gasteiger partial charge on any atom is 0.244 e. The Hall–Kier alpha value is -4.15. The minimum atomic E-state index is -3.88. The highest BCUT2D eigenvalue weighted by molar-refractivity contribution is 9.10. The van der Waals surface area contributed by atoms with Gasteiger partial charge in [-0.15, -0.1) is 0 Å². The minimum absolute atomic E-state index is 0.114. The van der Waals surface area contributed by atoms with Gasteiger partial charge >= 0.3 is 0 Å². The molecule has 0 bridgehead atoms. The van der Waals surface area contributed by atoms with Gasteiger partial charge in [0.1, 0.15) is 24.9 Å². The molecule has 10 heteroatoms. The normalized spacial score (nSPS) is 11.9. The molecule has 4 aromatic rings. The van der Waals surface area contributed by atoms with Crippen molar-refractivity contribution in [3.05, 3.63) is 130 Å². The zero-order valence-electron chi connectivity index (χ0n) is 26.3. The first-order valence-electron chi connectivity index (χ1n) is 15.1. The number of sulfonamides is 1. The Morgan fingerprint density at radius 2 is 1.39 bits per heavy atom. The van der Waals surface area contributed by atoms with E-state index in [2.05, 4.69) is 21.2 Å². The number of amides is 2. The summed E-state index contributed by atoms with van der Waals surface area (Å²) in [7, 11) is -3.88. The number of benzene rings is 4. The van der Waals surface area contributed by atoms with E-state index in [1.165, 1.54) is 4.90 Å². The molecule has 8 nitrogen and oxygen atoms in total. The number of hydrogen-bond donors (Lipinski definition) is 1. The van der Waals surface area contributed by atoms with E-state index in [-0.39, 0.29) is 24.8 Å². The van der Waals surface area contributed by atoms with Gasteiger partial charge in [0.05, 0.1) is 11.9 Å². The molecule has 1 N–H and O–H groups in total. The third-order valence-corrected chi connectivity index (χ3v) is 8.94. The van der Waals surface area contributed by atoms with Crippen LogP contribution in [0.3, 0.4) is 0 Å². The van der Waals surface area contributed by atoms with Crippen LogP contribution in [0.25, 0.3) is 0 Å². The third-order valence-electron chi connectivity index (χ3n) is 7.27. The summed E-state index contributed by atoms with van der Waals surface area (Å²) >= 11 is 3.45. The molecule has 46 heavy (non-hydrogen) atoms. The van der Waals surface area contributed by atoms with Crippen molar-refractivity contribution in [2.45, 2.75) is 39.5 Å². The average molecular weight is 707 g/mol. The Morgan fingerprint density at radius 3 is 1.96 bits per heavy atom. The molecule has 0 aliphatic carbocycles. The molecule has 0 aliphatic rings. The van der Waals surface area contributed by atoms with Crippen LogP contribution in [0.1, 0.15) is 30.5 Å². The number of anilines is 1. The Morgan fingerprint density at radius 1 is 0.804 bits per heavy atom. The molecular formula is C36H40BrN3O5S. The summed E-state index contributed by atoms with van der Waals surface area (Å²) in [5, 5.41) is 2.99. The molecule has 0 aromatic heterocycles. The van der Waals surface area contributed by atoms with Crippen LogP contribution >= 0.6 is 15.9 Å². The molecule has 0 spiro atoms. The molecule has 1 unspecified atom stereocenters. The zero-order chi connectivity index (χ0) is 33.1. The number of ether oxygens (including phenoxy) is 1. The van der Waals surface area contributed by atoms with E-state index in [0.29, 0.717) is 24.6 Å². The lowest BCUT2D eigenvalue weighted by Crippen LogP contribution is -2.53. The number of carbonyl (C=O) groups excluding carboxylic acids is 2. The summed E-state index contributed by atoms with van der Waals surface area (Å²) in [4.78, 5) is 29.5. The van der Waals surface area contributed by atoms with Crippen LogP contribution in [0.2, 0.25) is 0 Å². The van der Waals surface area contributed by atoms with Gasteiger partial charge in [0, 0.05) is 24.0 Å². The molecule has 242 valence electrons. The van der Waals surface area contributed by atoms with E-state index >= 15 is 0 Å². The van der Waals surface area contributed by atoms with Gasteiger partial charge in [0.15, 0.2) is 0 Å². The highest BCUT2D eigenvalue weighted by Gasteiger charge is 2.33. The lowest BCUT2D eigenvalue weighted by molar-refractivity contribution is -0.140. The van der Waals surface area contributed by atoms with E-state index < -0.39 is 28.5 Å². The predicted molar refractivity (Wildman–Crippen MR) is 186 cm³/mol. The van der Waals surface area contributed by atoms with E-state index in [9.17, 15) is 18.0 Å². The maximum absolute atomic E-state index is 14.3. The van der Waals surface area contributed by atoms with Crippen LogP contribution in [0.5, 0.6) is 5.75 Å². The van der Waals surface area contributed by atoms with E-state index in [1.807, 2.05) is 98.8 Å². The van der Waals surface area contributed by atoms with E-state index in [1.54, 1.807) is 24.3 Å². The molecule has 4 rings (SSSR count). The fourth-order valence-corrected chi connectivity index (χ4v) is 5.94. The lowest BCUT2D eigenvalue weighted by atomic mass is 10.0. The van der Waals surface area contributed by atoms with Crippen molar-refractivity contribution in [2.75, 3.05) is 23.7 Å². The quantitative estimate of drug-likeness (QED) is 0.159. The topological polar surface area (TPSA) is 96.0 Å². The molecule has 0 saturated carbocycles. The van der Waals surface area contributed by atoms with Gasteiger partial charge in [-0.1, -0.05) is 103 Å². The molecule has 0 fully saturated rings. The van der Waals surface area contributed by atoms with Gasteiger partial charge in [0.25, 0.3) is 0 Å². The number of nitrogens with zero attached hydrogens (tertiary/aromatic N) is 2. The summed E-state index contributed by atoms with van der Waals surface area (Å²) in [6, 6.07) is 32.4. The van der Waals surface area contributed by atoms with Crippen LogP contribution in [-0.4, -0.2) is 50.5 Å². The largest absolute Gasteiger partial charge is 0.489 e. The number of halogens is 1. The van der Waals surface area contributed by atoms with Crippen molar-refractivity contribution in [2.24, 2.45) is 5.92 Å². The molecule has 0 aliphatic heterocycles. The molecule has 4 aromatic carbocycles. The zero-order valence-corrected chi connectivity index (χ0v) is 28.7. The first-order chi connectivity index (χ1) is 22.0. The second kappa shape index (κ2) is 16.4. The lowest BCUT2D eigenvalue weighted by Gasteiger charge is -2.33. The number of nitrogens with one attached hydrogen (secondary N) is 1. The van der Waals surface area contributed by atoms with Crippen LogP contribution in [-0.2, 0) is 39.2 Å². The predicted octanol–water partition coefficient (Wildman–Crippen LogP) is 6.21. The summed E-state index contributed by atoms with van der Waals surface area (Å²) in [6.45, 7) is 4.43. The van der Waals surface area contributed by atoms with Crippen molar-refractivity contribution in [3.63, 3.8) is 0 Å².